The normalized spacial score (nSPS) is 14.5. The van der Waals surface area contributed by atoms with Crippen LogP contribution in [0.15, 0.2) is 6.07 Å². The minimum Gasteiger partial charge on any atom is -0.337 e. The number of fused-ring (bicyclic) bond motifs is 1. The molecular formula is C13H20N2OS. The standard InChI is InChI=1S/C13H20N2OS/c1-2-15(8-7-14)13(16)12-9-10-5-3-4-6-11(10)17-12/h9H,2-8,14H2,1H3. The monoisotopic (exact) mass is 252 g/mol. The Morgan fingerprint density at radius 1 is 1.47 bits per heavy atom. The molecule has 0 aromatic carbocycles. The van der Waals surface area contributed by atoms with Crippen LogP contribution < -0.4 is 5.73 Å². The molecule has 0 fully saturated rings. The predicted octanol–water partition coefficient (Wildman–Crippen LogP) is 2.05. The van der Waals surface area contributed by atoms with Crippen LogP contribution in [0.2, 0.25) is 0 Å². The van der Waals surface area contributed by atoms with Crippen LogP contribution >= 0.6 is 11.3 Å². The summed E-state index contributed by atoms with van der Waals surface area (Å²) in [6.07, 6.45) is 4.82. The molecule has 1 aliphatic carbocycles. The molecule has 1 aliphatic rings. The molecular weight excluding hydrogens is 232 g/mol. The maximum atomic E-state index is 12.3. The third-order valence-electron chi connectivity index (χ3n) is 3.28. The number of hydrogen-bond donors (Lipinski definition) is 1. The van der Waals surface area contributed by atoms with Crippen molar-refractivity contribution in [1.29, 1.82) is 0 Å². The second-order valence-corrected chi connectivity index (χ2v) is 5.58. The van der Waals surface area contributed by atoms with Gasteiger partial charge in [0.2, 0.25) is 0 Å². The molecule has 0 aliphatic heterocycles. The fourth-order valence-corrected chi connectivity index (χ4v) is 3.53. The summed E-state index contributed by atoms with van der Waals surface area (Å²) in [5, 5.41) is 0. The highest BCUT2D eigenvalue weighted by molar-refractivity contribution is 7.14. The number of carbonyl (C=O) groups excluding carboxylic acids is 1. The third kappa shape index (κ3) is 2.69. The summed E-state index contributed by atoms with van der Waals surface area (Å²) in [6, 6.07) is 2.10. The lowest BCUT2D eigenvalue weighted by Crippen LogP contribution is -2.34. The van der Waals surface area contributed by atoms with E-state index >= 15 is 0 Å². The summed E-state index contributed by atoms with van der Waals surface area (Å²) in [4.78, 5) is 16.4. The highest BCUT2D eigenvalue weighted by atomic mass is 32.1. The van der Waals surface area contributed by atoms with Gasteiger partial charge in [-0.1, -0.05) is 0 Å². The van der Waals surface area contributed by atoms with Gasteiger partial charge in [-0.15, -0.1) is 11.3 Å². The first-order valence-electron chi connectivity index (χ1n) is 6.37. The van der Waals surface area contributed by atoms with E-state index in [0.29, 0.717) is 13.1 Å². The van der Waals surface area contributed by atoms with Gasteiger partial charge in [-0.2, -0.15) is 0 Å². The molecule has 2 rings (SSSR count). The van der Waals surface area contributed by atoms with E-state index in [1.54, 1.807) is 11.3 Å². The molecule has 3 nitrogen and oxygen atoms in total. The zero-order valence-electron chi connectivity index (χ0n) is 10.4. The molecule has 1 heterocycles. The zero-order chi connectivity index (χ0) is 12.3. The molecule has 0 radical (unpaired) electrons. The van der Waals surface area contributed by atoms with Crippen molar-refractivity contribution < 1.29 is 4.79 Å². The summed E-state index contributed by atoms with van der Waals surface area (Å²) in [5.74, 6) is 0.150. The molecule has 0 atom stereocenters. The number of hydrogen-bond acceptors (Lipinski definition) is 3. The number of aryl methyl sites for hydroxylation is 2. The summed E-state index contributed by atoms with van der Waals surface area (Å²) >= 11 is 1.68. The molecule has 17 heavy (non-hydrogen) atoms. The fourth-order valence-electron chi connectivity index (χ4n) is 2.31. The number of nitrogens with zero attached hydrogens (tertiary/aromatic N) is 1. The summed E-state index contributed by atoms with van der Waals surface area (Å²) in [7, 11) is 0. The van der Waals surface area contributed by atoms with Crippen molar-refractivity contribution in [3.05, 3.63) is 21.4 Å². The lowest BCUT2D eigenvalue weighted by atomic mass is 9.99. The zero-order valence-corrected chi connectivity index (χ0v) is 11.2. The average molecular weight is 252 g/mol. The molecule has 1 aromatic rings. The quantitative estimate of drug-likeness (QED) is 0.891. The molecule has 1 amide bonds. The Labute approximate surface area is 107 Å². The van der Waals surface area contributed by atoms with E-state index in [4.69, 9.17) is 5.73 Å². The molecule has 0 saturated carbocycles. The summed E-state index contributed by atoms with van der Waals surface area (Å²) < 4.78 is 0. The van der Waals surface area contributed by atoms with Gasteiger partial charge in [-0.05, 0) is 44.2 Å². The smallest absolute Gasteiger partial charge is 0.263 e. The number of thiophene rings is 1. The van der Waals surface area contributed by atoms with Gasteiger partial charge in [0, 0.05) is 24.5 Å². The van der Waals surface area contributed by atoms with Crippen LogP contribution in [0, 0.1) is 0 Å². The fraction of sp³-hybridized carbons (Fsp3) is 0.615. The summed E-state index contributed by atoms with van der Waals surface area (Å²) in [5.41, 5.74) is 6.92. The predicted molar refractivity (Wildman–Crippen MR) is 71.6 cm³/mol. The van der Waals surface area contributed by atoms with E-state index in [1.807, 2.05) is 11.8 Å². The minimum atomic E-state index is 0.150. The maximum Gasteiger partial charge on any atom is 0.263 e. The van der Waals surface area contributed by atoms with Crippen molar-refractivity contribution in [2.45, 2.75) is 32.6 Å². The van der Waals surface area contributed by atoms with Gasteiger partial charge in [0.05, 0.1) is 4.88 Å². The highest BCUT2D eigenvalue weighted by Crippen LogP contribution is 2.30. The van der Waals surface area contributed by atoms with Gasteiger partial charge in [0.15, 0.2) is 0 Å². The van der Waals surface area contributed by atoms with Gasteiger partial charge < -0.3 is 10.6 Å². The van der Waals surface area contributed by atoms with Gasteiger partial charge in [-0.25, -0.2) is 0 Å². The van der Waals surface area contributed by atoms with Crippen LogP contribution in [0.1, 0.15) is 39.9 Å². The van der Waals surface area contributed by atoms with Crippen molar-refractivity contribution in [1.82, 2.24) is 4.90 Å². The Morgan fingerprint density at radius 3 is 2.88 bits per heavy atom. The molecule has 94 valence electrons. The van der Waals surface area contributed by atoms with E-state index in [-0.39, 0.29) is 5.91 Å². The van der Waals surface area contributed by atoms with E-state index in [9.17, 15) is 4.79 Å². The Kier molecular flexibility index (Phi) is 4.18. The number of nitrogens with two attached hydrogens (primary N) is 1. The van der Waals surface area contributed by atoms with Gasteiger partial charge >= 0.3 is 0 Å². The summed E-state index contributed by atoms with van der Waals surface area (Å²) in [6.45, 7) is 3.92. The third-order valence-corrected chi connectivity index (χ3v) is 4.50. The molecule has 0 unspecified atom stereocenters. The van der Waals surface area contributed by atoms with Crippen LogP contribution in [-0.2, 0) is 12.8 Å². The van der Waals surface area contributed by atoms with Crippen molar-refractivity contribution >= 4 is 17.2 Å². The number of carbonyl (C=O) groups is 1. The first-order valence-corrected chi connectivity index (χ1v) is 7.18. The van der Waals surface area contributed by atoms with Crippen LogP contribution in [0.4, 0.5) is 0 Å². The topological polar surface area (TPSA) is 46.3 Å². The van der Waals surface area contributed by atoms with Gasteiger partial charge in [-0.3, -0.25) is 4.79 Å². The maximum absolute atomic E-state index is 12.3. The lowest BCUT2D eigenvalue weighted by Gasteiger charge is -2.18. The highest BCUT2D eigenvalue weighted by Gasteiger charge is 2.20. The Bertz CT molecular complexity index is 377. The SMILES string of the molecule is CCN(CCN)C(=O)c1cc2c(s1)CCCC2. The Morgan fingerprint density at radius 2 is 2.24 bits per heavy atom. The van der Waals surface area contributed by atoms with Crippen LogP contribution in [0.25, 0.3) is 0 Å². The van der Waals surface area contributed by atoms with Gasteiger partial charge in [0.1, 0.15) is 0 Å². The minimum absolute atomic E-state index is 0.150. The van der Waals surface area contributed by atoms with E-state index in [0.717, 1.165) is 24.3 Å². The van der Waals surface area contributed by atoms with E-state index < -0.39 is 0 Å². The Balaban J connectivity index is 2.15. The number of amides is 1. The lowest BCUT2D eigenvalue weighted by molar-refractivity contribution is 0.0774. The molecule has 1 aromatic heterocycles. The average Bonchev–Trinajstić information content (AvgIpc) is 2.78. The molecule has 2 N–H and O–H groups in total. The second-order valence-electron chi connectivity index (χ2n) is 4.44. The molecule has 0 saturated heterocycles. The largest absolute Gasteiger partial charge is 0.337 e. The molecule has 0 spiro atoms. The molecule has 0 bridgehead atoms. The van der Waals surface area contributed by atoms with Gasteiger partial charge in [0.25, 0.3) is 5.91 Å². The van der Waals surface area contributed by atoms with Crippen LogP contribution in [0.3, 0.4) is 0 Å². The van der Waals surface area contributed by atoms with Crippen molar-refractivity contribution in [3.63, 3.8) is 0 Å². The first-order chi connectivity index (χ1) is 8.26. The van der Waals surface area contributed by atoms with Crippen molar-refractivity contribution in [3.8, 4) is 0 Å². The van der Waals surface area contributed by atoms with E-state index in [1.165, 1.54) is 23.3 Å². The van der Waals surface area contributed by atoms with Crippen molar-refractivity contribution in [2.24, 2.45) is 5.73 Å². The van der Waals surface area contributed by atoms with Crippen LogP contribution in [0.5, 0.6) is 0 Å². The number of rotatable bonds is 4. The van der Waals surface area contributed by atoms with Crippen molar-refractivity contribution in [2.75, 3.05) is 19.6 Å². The Hall–Kier alpha value is -0.870. The first kappa shape index (κ1) is 12.6. The van der Waals surface area contributed by atoms with Crippen LogP contribution in [-0.4, -0.2) is 30.4 Å². The number of likely N-dealkylation sites (N-methyl/N-ethyl adjacent to an activating group) is 1. The van der Waals surface area contributed by atoms with E-state index in [2.05, 4.69) is 6.07 Å². The second kappa shape index (κ2) is 5.65. The molecule has 4 heteroatoms.